The molecule has 0 aliphatic heterocycles. The highest BCUT2D eigenvalue weighted by molar-refractivity contribution is 5.88. The van der Waals surface area contributed by atoms with Crippen LogP contribution in [0.25, 0.3) is 21.9 Å². The van der Waals surface area contributed by atoms with Crippen molar-refractivity contribution in [1.29, 1.82) is 0 Å². The molecule has 0 amide bonds. The van der Waals surface area contributed by atoms with Crippen LogP contribution in [0.5, 0.6) is 0 Å². The van der Waals surface area contributed by atoms with E-state index in [-0.39, 0.29) is 5.41 Å². The second-order valence-electron chi connectivity index (χ2n) is 17.1. The van der Waals surface area contributed by atoms with Gasteiger partial charge >= 0.3 is 0 Å². The average molecular weight is 678 g/mol. The molecule has 0 aromatic heterocycles. The molecule has 52 heavy (non-hydrogen) atoms. The van der Waals surface area contributed by atoms with Crippen LogP contribution in [0.15, 0.2) is 146 Å². The van der Waals surface area contributed by atoms with Gasteiger partial charge in [-0.05, 0) is 156 Å². The maximum atomic E-state index is 2.50. The van der Waals surface area contributed by atoms with Crippen LogP contribution in [-0.2, 0) is 10.8 Å². The molecule has 5 aliphatic rings. The Morgan fingerprint density at radius 3 is 1.48 bits per heavy atom. The second-order valence-corrected chi connectivity index (χ2v) is 17.1. The summed E-state index contributed by atoms with van der Waals surface area (Å²) in [6.07, 6.45) is 16.4. The number of hydrogen-bond donors (Lipinski definition) is 0. The zero-order valence-corrected chi connectivity index (χ0v) is 30.5. The van der Waals surface area contributed by atoms with Crippen LogP contribution in [0.1, 0.15) is 93.7 Å². The first-order valence-corrected chi connectivity index (χ1v) is 20.3. The molecule has 0 radical (unpaired) electrons. The summed E-state index contributed by atoms with van der Waals surface area (Å²) in [4.78, 5) is 2.49. The Labute approximate surface area is 310 Å². The Hall–Kier alpha value is -4.62. The molecular weight excluding hydrogens is 627 g/mol. The molecule has 0 saturated heterocycles. The van der Waals surface area contributed by atoms with Crippen LogP contribution in [-0.4, -0.2) is 0 Å². The summed E-state index contributed by atoms with van der Waals surface area (Å²) >= 11 is 0. The van der Waals surface area contributed by atoms with Crippen molar-refractivity contribution in [2.45, 2.75) is 87.9 Å². The predicted molar refractivity (Wildman–Crippen MR) is 219 cm³/mol. The topological polar surface area (TPSA) is 3.24 Å². The predicted octanol–water partition coefficient (Wildman–Crippen LogP) is 14.1. The second kappa shape index (κ2) is 13.1. The highest BCUT2D eigenvalue weighted by atomic mass is 15.1. The molecule has 5 aliphatic carbocycles. The number of benzene rings is 6. The summed E-state index contributed by atoms with van der Waals surface area (Å²) in [6, 6.07) is 55.6. The van der Waals surface area contributed by atoms with E-state index < -0.39 is 0 Å². The van der Waals surface area contributed by atoms with Gasteiger partial charge in [0.15, 0.2) is 0 Å². The summed E-state index contributed by atoms with van der Waals surface area (Å²) in [5.41, 5.74) is 11.2. The van der Waals surface area contributed by atoms with E-state index in [9.17, 15) is 0 Å². The summed E-state index contributed by atoms with van der Waals surface area (Å²) in [7, 11) is 0. The fourth-order valence-electron chi connectivity index (χ4n) is 11.8. The summed E-state index contributed by atoms with van der Waals surface area (Å²) in [5.74, 6) is 2.86. The Morgan fingerprint density at radius 2 is 0.885 bits per heavy atom. The fourth-order valence-corrected chi connectivity index (χ4v) is 11.8. The molecule has 5 fully saturated rings. The monoisotopic (exact) mass is 677 g/mol. The molecule has 6 aromatic rings. The van der Waals surface area contributed by atoms with E-state index in [1.807, 2.05) is 0 Å². The van der Waals surface area contributed by atoms with Crippen molar-refractivity contribution in [3.63, 3.8) is 0 Å². The van der Waals surface area contributed by atoms with Crippen molar-refractivity contribution in [3.05, 3.63) is 162 Å². The number of nitrogens with zero attached hydrogens (tertiary/aromatic N) is 1. The van der Waals surface area contributed by atoms with E-state index >= 15 is 0 Å². The van der Waals surface area contributed by atoms with Gasteiger partial charge in [-0.15, -0.1) is 0 Å². The minimum atomic E-state index is 0.0854. The molecule has 0 heterocycles. The zero-order chi connectivity index (χ0) is 34.5. The smallest absolute Gasteiger partial charge is 0.0462 e. The largest absolute Gasteiger partial charge is 0.311 e. The molecule has 0 unspecified atom stereocenters. The molecule has 1 nitrogen and oxygen atoms in total. The van der Waals surface area contributed by atoms with Gasteiger partial charge in [-0.25, -0.2) is 0 Å². The maximum absolute atomic E-state index is 2.50. The molecule has 5 saturated carbocycles. The van der Waals surface area contributed by atoms with Crippen molar-refractivity contribution in [3.8, 4) is 11.1 Å². The molecule has 1 heteroatoms. The van der Waals surface area contributed by atoms with E-state index in [0.717, 1.165) is 17.8 Å². The van der Waals surface area contributed by atoms with Gasteiger partial charge < -0.3 is 4.90 Å². The van der Waals surface area contributed by atoms with Gasteiger partial charge in [0.2, 0.25) is 0 Å². The summed E-state index contributed by atoms with van der Waals surface area (Å²) in [6.45, 7) is 0. The first kappa shape index (κ1) is 32.1. The number of anilines is 3. The van der Waals surface area contributed by atoms with Gasteiger partial charge in [-0.2, -0.15) is 0 Å². The summed E-state index contributed by atoms with van der Waals surface area (Å²) < 4.78 is 0. The van der Waals surface area contributed by atoms with Crippen LogP contribution in [0.2, 0.25) is 0 Å². The van der Waals surface area contributed by atoms with Crippen molar-refractivity contribution in [2.24, 2.45) is 17.8 Å². The van der Waals surface area contributed by atoms with Gasteiger partial charge in [-0.1, -0.05) is 129 Å². The van der Waals surface area contributed by atoms with Gasteiger partial charge in [0.25, 0.3) is 0 Å². The number of rotatable bonds is 7. The van der Waals surface area contributed by atoms with Crippen LogP contribution < -0.4 is 4.90 Å². The van der Waals surface area contributed by atoms with Gasteiger partial charge in [0, 0.05) is 22.5 Å². The SMILES string of the molecule is c1ccc(C2(c3ccc(N(c4ccc(-c5ccc6ccccc6c5)cc4)c4ccc(C56CC7CC(CC(C7)C5)C6)cc4)cc3)CCCCCC2)cc1. The molecule has 260 valence electrons. The fraction of sp³-hybridized carbons (Fsp3) is 0.333. The van der Waals surface area contributed by atoms with Gasteiger partial charge in [0.05, 0.1) is 0 Å². The third-order valence-electron chi connectivity index (χ3n) is 13.9. The number of hydrogen-bond acceptors (Lipinski definition) is 1. The minimum Gasteiger partial charge on any atom is -0.311 e. The quantitative estimate of drug-likeness (QED) is 0.152. The molecule has 4 bridgehead atoms. The van der Waals surface area contributed by atoms with Crippen LogP contribution in [0.4, 0.5) is 17.1 Å². The molecular formula is C51H51N. The van der Waals surface area contributed by atoms with E-state index in [1.54, 1.807) is 5.56 Å². The first-order valence-electron chi connectivity index (χ1n) is 20.3. The third kappa shape index (κ3) is 5.69. The van der Waals surface area contributed by atoms with E-state index in [4.69, 9.17) is 0 Å². The van der Waals surface area contributed by atoms with E-state index in [2.05, 4.69) is 150 Å². The Kier molecular flexibility index (Phi) is 8.08. The zero-order valence-electron chi connectivity index (χ0n) is 30.5. The van der Waals surface area contributed by atoms with Crippen molar-refractivity contribution < 1.29 is 0 Å². The Balaban J connectivity index is 1.02. The normalized spacial score (nSPS) is 24.8. The number of fused-ring (bicyclic) bond motifs is 1. The maximum Gasteiger partial charge on any atom is 0.0462 e. The van der Waals surface area contributed by atoms with Crippen molar-refractivity contribution in [2.75, 3.05) is 4.90 Å². The molecule has 0 spiro atoms. The van der Waals surface area contributed by atoms with E-state index in [0.29, 0.717) is 5.41 Å². The highest BCUT2D eigenvalue weighted by Crippen LogP contribution is 2.61. The van der Waals surface area contributed by atoms with Gasteiger partial charge in [0.1, 0.15) is 0 Å². The van der Waals surface area contributed by atoms with Crippen LogP contribution in [0, 0.1) is 17.8 Å². The van der Waals surface area contributed by atoms with Crippen LogP contribution in [0.3, 0.4) is 0 Å². The lowest BCUT2D eigenvalue weighted by Gasteiger charge is -2.57. The van der Waals surface area contributed by atoms with Crippen LogP contribution >= 0.6 is 0 Å². The lowest BCUT2D eigenvalue weighted by Crippen LogP contribution is -2.48. The minimum absolute atomic E-state index is 0.0854. The highest BCUT2D eigenvalue weighted by Gasteiger charge is 2.51. The van der Waals surface area contributed by atoms with E-state index in [1.165, 1.54) is 127 Å². The van der Waals surface area contributed by atoms with Crippen molar-refractivity contribution >= 4 is 27.8 Å². The molecule has 0 atom stereocenters. The average Bonchev–Trinajstić information content (AvgIpc) is 3.46. The standard InChI is InChI=1S/C51H51N/c1-2-9-29-51(28-8-1,45-12-4-3-5-13-45)46-20-26-49(27-21-46)52(47-22-16-41(17-23-47)43-15-14-40-10-6-7-11-42(40)33-43)48-24-18-44(19-25-48)50-34-37-30-38(35-50)32-39(31-37)36-50/h3-7,10-27,33,37-39H,1-2,8-9,28-32,34-36H2. The Bertz CT molecular complexity index is 2120. The van der Waals surface area contributed by atoms with Crippen molar-refractivity contribution in [1.82, 2.24) is 0 Å². The molecule has 0 N–H and O–H groups in total. The third-order valence-corrected chi connectivity index (χ3v) is 13.9. The summed E-state index contributed by atoms with van der Waals surface area (Å²) in [5, 5.41) is 2.57. The first-order chi connectivity index (χ1) is 25.6. The lowest BCUT2D eigenvalue weighted by atomic mass is 9.48. The Morgan fingerprint density at radius 1 is 0.404 bits per heavy atom. The lowest BCUT2D eigenvalue weighted by molar-refractivity contribution is -0.00518. The van der Waals surface area contributed by atoms with Gasteiger partial charge in [-0.3, -0.25) is 0 Å². The molecule has 6 aromatic carbocycles. The molecule has 11 rings (SSSR count).